The number of benzene rings is 1. The molecule has 1 saturated heterocycles. The molecular formula is C25H29ClN6O2. The van der Waals surface area contributed by atoms with Crippen molar-refractivity contribution in [3.8, 4) is 0 Å². The normalized spacial score (nSPS) is 26.4. The fourth-order valence-electron chi connectivity index (χ4n) is 5.47. The van der Waals surface area contributed by atoms with E-state index in [1.54, 1.807) is 0 Å². The first-order valence-corrected chi connectivity index (χ1v) is 12.6. The standard InChI is InChI=1S/C25H29ClN6O2/c1-14-10-21(33)30-23-22(14)24(29-13-28-23)31-8-9-32(20-11-19(20)31)25(34)18(12-27-17-6-7-17)15-2-4-16(26)5-3-15/h2-5,13-14,17-20,27H,6-12H2,1H3,(H,28,29,30,33)/t14-,18-,19?,20-/m1/s1. The number of anilines is 2. The number of carbonyl (C=O) groups excluding carboxylic acids is 2. The summed E-state index contributed by atoms with van der Waals surface area (Å²) < 4.78 is 0. The van der Waals surface area contributed by atoms with Crippen LogP contribution in [-0.2, 0) is 9.59 Å². The third-order valence-electron chi connectivity index (χ3n) is 7.53. The maximum atomic E-state index is 13.8. The van der Waals surface area contributed by atoms with E-state index in [-0.39, 0.29) is 35.7 Å². The molecule has 1 aromatic carbocycles. The van der Waals surface area contributed by atoms with Crippen LogP contribution in [0.2, 0.25) is 5.02 Å². The number of aromatic nitrogens is 2. The summed E-state index contributed by atoms with van der Waals surface area (Å²) in [5, 5.41) is 7.13. The Labute approximate surface area is 204 Å². The highest BCUT2D eigenvalue weighted by Gasteiger charge is 2.52. The summed E-state index contributed by atoms with van der Waals surface area (Å²) in [5.74, 6) is 1.57. The molecule has 3 fully saturated rings. The molecule has 178 valence electrons. The van der Waals surface area contributed by atoms with Crippen LogP contribution < -0.4 is 15.5 Å². The molecule has 2 aliphatic heterocycles. The van der Waals surface area contributed by atoms with Crippen molar-refractivity contribution in [2.45, 2.75) is 62.6 Å². The SMILES string of the molecule is C[C@@H]1CC(=O)Nc2ncnc(N3CCN(C(=O)[C@H](CNC4CC4)c4ccc(Cl)cc4)[C@@H]4CC43)c21. The lowest BCUT2D eigenvalue weighted by Gasteiger charge is -2.38. The average molecular weight is 481 g/mol. The lowest BCUT2D eigenvalue weighted by Crippen LogP contribution is -2.51. The third-order valence-corrected chi connectivity index (χ3v) is 7.78. The summed E-state index contributed by atoms with van der Waals surface area (Å²) in [6, 6.07) is 8.67. The Morgan fingerprint density at radius 2 is 2.00 bits per heavy atom. The van der Waals surface area contributed by atoms with E-state index in [2.05, 4.69) is 37.3 Å². The van der Waals surface area contributed by atoms with Crippen LogP contribution in [0.3, 0.4) is 0 Å². The van der Waals surface area contributed by atoms with Crippen molar-refractivity contribution in [1.29, 1.82) is 0 Å². The van der Waals surface area contributed by atoms with Gasteiger partial charge in [0.1, 0.15) is 18.0 Å². The second-order valence-corrected chi connectivity index (χ2v) is 10.4. The maximum absolute atomic E-state index is 13.8. The lowest BCUT2D eigenvalue weighted by molar-refractivity contribution is -0.133. The summed E-state index contributed by atoms with van der Waals surface area (Å²) in [4.78, 5) is 39.1. The van der Waals surface area contributed by atoms with Gasteiger partial charge in [-0.3, -0.25) is 9.59 Å². The lowest BCUT2D eigenvalue weighted by atomic mass is 9.94. The van der Waals surface area contributed by atoms with Crippen LogP contribution in [0.1, 0.15) is 55.6 Å². The predicted octanol–water partition coefficient (Wildman–Crippen LogP) is 2.90. The number of rotatable bonds is 6. The molecule has 2 N–H and O–H groups in total. The smallest absolute Gasteiger partial charge is 0.231 e. The van der Waals surface area contributed by atoms with E-state index in [0.29, 0.717) is 36.4 Å². The summed E-state index contributed by atoms with van der Waals surface area (Å²) in [7, 11) is 0. The van der Waals surface area contributed by atoms with Crippen LogP contribution in [0.25, 0.3) is 0 Å². The zero-order valence-corrected chi connectivity index (χ0v) is 20.0. The molecule has 1 aromatic heterocycles. The predicted molar refractivity (Wildman–Crippen MR) is 130 cm³/mol. The number of piperazine rings is 1. The number of hydrogen-bond acceptors (Lipinski definition) is 6. The number of halogens is 1. The van der Waals surface area contributed by atoms with Gasteiger partial charge in [0.25, 0.3) is 0 Å². The van der Waals surface area contributed by atoms with Gasteiger partial charge in [0.2, 0.25) is 11.8 Å². The molecule has 4 atom stereocenters. The van der Waals surface area contributed by atoms with Gasteiger partial charge in [0.05, 0.1) is 18.0 Å². The highest BCUT2D eigenvalue weighted by Crippen LogP contribution is 2.44. The first-order valence-electron chi connectivity index (χ1n) is 12.2. The molecule has 2 aliphatic carbocycles. The molecule has 4 aliphatic rings. The van der Waals surface area contributed by atoms with E-state index >= 15 is 0 Å². The second kappa shape index (κ2) is 8.50. The van der Waals surface area contributed by atoms with Gasteiger partial charge in [-0.15, -0.1) is 0 Å². The summed E-state index contributed by atoms with van der Waals surface area (Å²) in [6.45, 7) is 4.09. The number of nitrogens with zero attached hydrogens (tertiary/aromatic N) is 4. The van der Waals surface area contributed by atoms with Crippen LogP contribution in [-0.4, -0.2) is 64.4 Å². The van der Waals surface area contributed by atoms with Crippen molar-refractivity contribution < 1.29 is 9.59 Å². The number of amides is 2. The van der Waals surface area contributed by atoms with Crippen LogP contribution in [0, 0.1) is 0 Å². The molecule has 0 bridgehead atoms. The highest BCUT2D eigenvalue weighted by molar-refractivity contribution is 6.30. The Morgan fingerprint density at radius 1 is 1.21 bits per heavy atom. The largest absolute Gasteiger partial charge is 0.349 e. The van der Waals surface area contributed by atoms with E-state index in [9.17, 15) is 9.59 Å². The third kappa shape index (κ3) is 4.03. The molecule has 3 heterocycles. The number of fused-ring (bicyclic) bond motifs is 2. The van der Waals surface area contributed by atoms with Crippen molar-refractivity contribution >= 4 is 35.1 Å². The minimum absolute atomic E-state index is 0.00240. The quantitative estimate of drug-likeness (QED) is 0.660. The van der Waals surface area contributed by atoms with Crippen LogP contribution in [0.5, 0.6) is 0 Å². The molecule has 1 unspecified atom stereocenters. The van der Waals surface area contributed by atoms with Gasteiger partial charge in [0, 0.05) is 42.7 Å². The van der Waals surface area contributed by atoms with Gasteiger partial charge in [-0.1, -0.05) is 30.7 Å². The molecule has 2 amide bonds. The van der Waals surface area contributed by atoms with E-state index in [1.807, 2.05) is 24.3 Å². The Morgan fingerprint density at radius 3 is 2.76 bits per heavy atom. The molecule has 0 spiro atoms. The van der Waals surface area contributed by atoms with Gasteiger partial charge in [-0.25, -0.2) is 9.97 Å². The van der Waals surface area contributed by atoms with E-state index in [4.69, 9.17) is 11.6 Å². The van der Waals surface area contributed by atoms with Crippen molar-refractivity contribution in [2.75, 3.05) is 29.9 Å². The molecule has 2 saturated carbocycles. The Balaban J connectivity index is 1.21. The monoisotopic (exact) mass is 480 g/mol. The van der Waals surface area contributed by atoms with E-state index in [0.717, 1.165) is 29.9 Å². The first kappa shape index (κ1) is 21.8. The Kier molecular flexibility index (Phi) is 5.45. The minimum Gasteiger partial charge on any atom is -0.349 e. The summed E-state index contributed by atoms with van der Waals surface area (Å²) in [5.41, 5.74) is 2.02. The molecule has 34 heavy (non-hydrogen) atoms. The van der Waals surface area contributed by atoms with Crippen molar-refractivity contribution in [2.24, 2.45) is 0 Å². The van der Waals surface area contributed by atoms with Crippen LogP contribution in [0.15, 0.2) is 30.6 Å². The Bertz CT molecular complexity index is 1120. The van der Waals surface area contributed by atoms with Crippen molar-refractivity contribution in [3.63, 3.8) is 0 Å². The summed E-state index contributed by atoms with van der Waals surface area (Å²) in [6.07, 6.45) is 5.28. The van der Waals surface area contributed by atoms with E-state index in [1.165, 1.54) is 19.2 Å². The first-order chi connectivity index (χ1) is 16.5. The van der Waals surface area contributed by atoms with Gasteiger partial charge >= 0.3 is 0 Å². The van der Waals surface area contributed by atoms with Crippen LogP contribution in [0.4, 0.5) is 11.6 Å². The average Bonchev–Trinajstić information content (AvgIpc) is 3.73. The molecule has 6 rings (SSSR count). The zero-order valence-electron chi connectivity index (χ0n) is 19.2. The highest BCUT2D eigenvalue weighted by atomic mass is 35.5. The van der Waals surface area contributed by atoms with E-state index < -0.39 is 0 Å². The number of nitrogens with one attached hydrogen (secondary N) is 2. The zero-order chi connectivity index (χ0) is 23.4. The van der Waals surface area contributed by atoms with Crippen LogP contribution >= 0.6 is 11.6 Å². The van der Waals surface area contributed by atoms with Crippen molar-refractivity contribution in [3.05, 3.63) is 46.7 Å². The van der Waals surface area contributed by atoms with Gasteiger partial charge in [-0.2, -0.15) is 0 Å². The van der Waals surface area contributed by atoms with Crippen molar-refractivity contribution in [1.82, 2.24) is 20.2 Å². The molecular weight excluding hydrogens is 452 g/mol. The molecule has 2 aromatic rings. The molecule has 0 radical (unpaired) electrons. The van der Waals surface area contributed by atoms with Gasteiger partial charge < -0.3 is 20.4 Å². The fourth-order valence-corrected chi connectivity index (χ4v) is 5.60. The number of carbonyl (C=O) groups is 2. The molecule has 8 nitrogen and oxygen atoms in total. The van der Waals surface area contributed by atoms with Gasteiger partial charge in [-0.05, 0) is 42.9 Å². The maximum Gasteiger partial charge on any atom is 0.231 e. The molecule has 9 heteroatoms. The Hall–Kier alpha value is -2.71. The summed E-state index contributed by atoms with van der Waals surface area (Å²) >= 11 is 6.10. The van der Waals surface area contributed by atoms with Gasteiger partial charge in [0.15, 0.2) is 0 Å². The fraction of sp³-hybridized carbons (Fsp3) is 0.520. The number of hydrogen-bond donors (Lipinski definition) is 2. The topological polar surface area (TPSA) is 90.5 Å². The second-order valence-electron chi connectivity index (χ2n) is 9.99. The minimum atomic E-state index is -0.215.